The van der Waals surface area contributed by atoms with Crippen LogP contribution >= 0.6 is 0 Å². The predicted octanol–water partition coefficient (Wildman–Crippen LogP) is 11.6. The van der Waals surface area contributed by atoms with E-state index in [2.05, 4.69) is 11.7 Å². The number of hydrogen-bond acceptors (Lipinski definition) is 1. The van der Waals surface area contributed by atoms with Crippen molar-refractivity contribution < 1.29 is 39.9 Å². The first-order chi connectivity index (χ1) is 21.0. The average molecular weight is 625 g/mol. The molecule has 44 heavy (non-hydrogen) atoms. The molecule has 0 aliphatic heterocycles. The van der Waals surface area contributed by atoms with E-state index >= 15 is 4.39 Å². The molecule has 0 aromatic heterocycles. The molecule has 0 bridgehead atoms. The lowest BCUT2D eigenvalue weighted by atomic mass is 9.68. The zero-order chi connectivity index (χ0) is 31.6. The highest BCUT2D eigenvalue weighted by Crippen LogP contribution is 2.45. The highest BCUT2D eigenvalue weighted by atomic mass is 19.3. The van der Waals surface area contributed by atoms with E-state index in [1.807, 2.05) is 0 Å². The Labute approximate surface area is 252 Å². The van der Waals surface area contributed by atoms with Crippen molar-refractivity contribution in [3.05, 3.63) is 88.5 Å². The fourth-order valence-electron chi connectivity index (χ4n) is 7.18. The van der Waals surface area contributed by atoms with E-state index in [1.54, 1.807) is 6.07 Å². The Balaban J connectivity index is 1.24. The van der Waals surface area contributed by atoms with Crippen LogP contribution in [0.5, 0.6) is 5.75 Å². The van der Waals surface area contributed by atoms with Gasteiger partial charge in [0.05, 0.1) is 0 Å². The molecule has 3 aromatic carbocycles. The first-order valence-electron chi connectivity index (χ1n) is 15.5. The van der Waals surface area contributed by atoms with Crippen LogP contribution in [0.15, 0.2) is 42.5 Å². The van der Waals surface area contributed by atoms with Gasteiger partial charge in [0.15, 0.2) is 17.5 Å². The highest BCUT2D eigenvalue weighted by Gasteiger charge is 2.42. The molecule has 2 aliphatic carbocycles. The van der Waals surface area contributed by atoms with Crippen LogP contribution in [-0.4, -0.2) is 0 Å². The molecular weight excluding hydrogens is 588 g/mol. The molecule has 0 unspecified atom stereocenters. The molecule has 2 fully saturated rings. The van der Waals surface area contributed by atoms with Crippen molar-refractivity contribution in [1.82, 2.24) is 0 Å². The number of alkyl halides is 2. The summed E-state index contributed by atoms with van der Waals surface area (Å²) in [5.41, 5.74) is -1.52. The summed E-state index contributed by atoms with van der Waals surface area (Å²) in [6.07, 6.45) is 8.44. The Hall–Kier alpha value is -3.10. The molecule has 0 saturated heterocycles. The number of rotatable bonds is 9. The third-order valence-electron chi connectivity index (χ3n) is 9.61. The minimum Gasteiger partial charge on any atom is -0.429 e. The monoisotopic (exact) mass is 624 g/mol. The van der Waals surface area contributed by atoms with Gasteiger partial charge in [-0.3, -0.25) is 0 Å². The standard InChI is InChI=1S/C35H36F8O/c1-2-3-4-20-5-7-21(8-6-20)22-9-11-23(12-10-22)24-13-14-27(28(36)15-24)25-16-29(37)33(30(38)17-25)35(42,43)44-26-18-31(39)34(41)32(40)19-26/h13-23H,2-12H2,1H3. The van der Waals surface area contributed by atoms with Crippen molar-refractivity contribution in [1.29, 1.82) is 0 Å². The van der Waals surface area contributed by atoms with E-state index in [-0.39, 0.29) is 29.2 Å². The second kappa shape index (κ2) is 13.5. The van der Waals surface area contributed by atoms with E-state index in [9.17, 15) is 30.7 Å². The lowest BCUT2D eigenvalue weighted by Crippen LogP contribution is -2.25. The van der Waals surface area contributed by atoms with Crippen LogP contribution in [0.25, 0.3) is 11.1 Å². The first-order valence-corrected chi connectivity index (χ1v) is 15.5. The molecule has 9 heteroatoms. The molecular formula is C35H36F8O. The Morgan fingerprint density at radius 2 is 1.25 bits per heavy atom. The molecule has 1 nitrogen and oxygen atoms in total. The van der Waals surface area contributed by atoms with Crippen molar-refractivity contribution in [2.24, 2.45) is 17.8 Å². The zero-order valence-electron chi connectivity index (χ0n) is 24.6. The SMILES string of the molecule is CCCCC1CCC(C2CCC(c3ccc(-c4cc(F)c(C(F)(F)Oc5cc(F)c(F)c(F)c5)c(F)c4)c(F)c3)CC2)CC1. The largest absolute Gasteiger partial charge is 0.432 e. The summed E-state index contributed by atoms with van der Waals surface area (Å²) in [6, 6.07) is 5.78. The van der Waals surface area contributed by atoms with Crippen LogP contribution in [-0.2, 0) is 6.11 Å². The number of hydrogen-bond donors (Lipinski definition) is 0. The highest BCUT2D eigenvalue weighted by molar-refractivity contribution is 5.65. The summed E-state index contributed by atoms with van der Waals surface area (Å²) in [5, 5.41) is 0. The number of ether oxygens (including phenoxy) is 1. The molecule has 0 heterocycles. The number of unbranched alkanes of at least 4 members (excludes halogenated alkanes) is 1. The van der Waals surface area contributed by atoms with E-state index in [1.165, 1.54) is 57.1 Å². The molecule has 0 spiro atoms. The summed E-state index contributed by atoms with van der Waals surface area (Å²) in [6.45, 7) is 2.23. The van der Waals surface area contributed by atoms with E-state index in [0.29, 0.717) is 18.1 Å². The van der Waals surface area contributed by atoms with Gasteiger partial charge < -0.3 is 4.74 Å². The molecule has 0 atom stereocenters. The van der Waals surface area contributed by atoms with Gasteiger partial charge in [-0.2, -0.15) is 8.78 Å². The topological polar surface area (TPSA) is 9.23 Å². The van der Waals surface area contributed by atoms with Crippen molar-refractivity contribution in [2.45, 2.75) is 89.6 Å². The molecule has 3 aromatic rings. The molecule has 0 amide bonds. The second-order valence-corrected chi connectivity index (χ2v) is 12.4. The summed E-state index contributed by atoms with van der Waals surface area (Å²) in [5.74, 6) is -8.50. The van der Waals surface area contributed by atoms with Gasteiger partial charge in [0, 0.05) is 17.7 Å². The Morgan fingerprint density at radius 3 is 1.80 bits per heavy atom. The van der Waals surface area contributed by atoms with Crippen LogP contribution in [0.4, 0.5) is 35.1 Å². The first kappa shape index (κ1) is 32.3. The molecule has 2 aliphatic rings. The molecule has 5 rings (SSSR count). The summed E-state index contributed by atoms with van der Waals surface area (Å²) in [7, 11) is 0. The maximum Gasteiger partial charge on any atom is 0.432 e. The quantitative estimate of drug-likeness (QED) is 0.170. The van der Waals surface area contributed by atoms with Crippen LogP contribution in [0.1, 0.15) is 94.6 Å². The van der Waals surface area contributed by atoms with Crippen molar-refractivity contribution in [2.75, 3.05) is 0 Å². The Morgan fingerprint density at radius 1 is 0.682 bits per heavy atom. The smallest absolute Gasteiger partial charge is 0.429 e. The number of benzene rings is 3. The summed E-state index contributed by atoms with van der Waals surface area (Å²) in [4.78, 5) is 0. The van der Waals surface area contributed by atoms with Gasteiger partial charge in [-0.15, -0.1) is 0 Å². The van der Waals surface area contributed by atoms with Crippen LogP contribution in [0.3, 0.4) is 0 Å². The van der Waals surface area contributed by atoms with Gasteiger partial charge in [-0.25, -0.2) is 26.3 Å². The second-order valence-electron chi connectivity index (χ2n) is 12.4. The van der Waals surface area contributed by atoms with Gasteiger partial charge in [0.1, 0.15) is 28.8 Å². The van der Waals surface area contributed by atoms with Gasteiger partial charge >= 0.3 is 6.11 Å². The Bertz CT molecular complexity index is 1410. The minimum absolute atomic E-state index is 0.124. The lowest BCUT2D eigenvalue weighted by Gasteiger charge is -2.38. The fourth-order valence-corrected chi connectivity index (χ4v) is 7.18. The van der Waals surface area contributed by atoms with Gasteiger partial charge in [0.2, 0.25) is 0 Å². The van der Waals surface area contributed by atoms with Crippen LogP contribution < -0.4 is 4.74 Å². The van der Waals surface area contributed by atoms with Gasteiger partial charge in [-0.05, 0) is 91.5 Å². The van der Waals surface area contributed by atoms with Gasteiger partial charge in [-0.1, -0.05) is 51.2 Å². The molecule has 0 N–H and O–H groups in total. The van der Waals surface area contributed by atoms with Crippen molar-refractivity contribution >= 4 is 0 Å². The van der Waals surface area contributed by atoms with E-state index in [0.717, 1.165) is 43.1 Å². The summed E-state index contributed by atoms with van der Waals surface area (Å²) < 4.78 is 118. The molecule has 2 saturated carbocycles. The number of halogens is 8. The van der Waals surface area contributed by atoms with Crippen LogP contribution in [0, 0.1) is 52.7 Å². The van der Waals surface area contributed by atoms with Crippen molar-refractivity contribution in [3.8, 4) is 16.9 Å². The van der Waals surface area contributed by atoms with E-state index in [4.69, 9.17) is 0 Å². The predicted molar refractivity (Wildman–Crippen MR) is 152 cm³/mol. The zero-order valence-corrected chi connectivity index (χ0v) is 24.6. The van der Waals surface area contributed by atoms with Crippen molar-refractivity contribution in [3.63, 3.8) is 0 Å². The van der Waals surface area contributed by atoms with Gasteiger partial charge in [0.25, 0.3) is 0 Å². The Kier molecular flexibility index (Phi) is 9.90. The maximum atomic E-state index is 15.3. The molecule has 0 radical (unpaired) electrons. The summed E-state index contributed by atoms with van der Waals surface area (Å²) >= 11 is 0. The molecule has 238 valence electrons. The third kappa shape index (κ3) is 7.07. The minimum atomic E-state index is -4.72. The van der Waals surface area contributed by atoms with E-state index < -0.39 is 52.3 Å². The lowest BCUT2D eigenvalue weighted by molar-refractivity contribution is -0.189. The van der Waals surface area contributed by atoms with Crippen LogP contribution in [0.2, 0.25) is 0 Å². The average Bonchev–Trinajstić information content (AvgIpc) is 2.98. The fraction of sp³-hybridized carbons (Fsp3) is 0.486. The third-order valence-corrected chi connectivity index (χ3v) is 9.61. The maximum absolute atomic E-state index is 15.3. The normalized spacial score (nSPS) is 22.7.